The highest BCUT2D eigenvalue weighted by Gasteiger charge is 2.26. The average Bonchev–Trinajstić information content (AvgIpc) is 2.45. The van der Waals surface area contributed by atoms with Gasteiger partial charge in [-0.15, -0.1) is 0 Å². The lowest BCUT2D eigenvalue weighted by molar-refractivity contribution is -0.132. The van der Waals surface area contributed by atoms with Gasteiger partial charge in [-0.3, -0.25) is 4.99 Å². The van der Waals surface area contributed by atoms with Crippen LogP contribution in [0.25, 0.3) is 0 Å². The maximum Gasteiger partial charge on any atom is 0.390 e. The van der Waals surface area contributed by atoms with Gasteiger partial charge < -0.3 is 10.6 Å². The van der Waals surface area contributed by atoms with E-state index in [-0.39, 0.29) is 6.54 Å². The maximum atomic E-state index is 12.1. The standard InChI is InChI=1S/C15H22F3N3/c1-12(13-6-4-3-5-7-13)8-10-20-14(19-2)21-11-9-15(16,17)18/h3-7,12H,8-11H2,1-2H3,(H2,19,20,21). The molecule has 0 fully saturated rings. The van der Waals surface area contributed by atoms with Gasteiger partial charge in [0.1, 0.15) is 0 Å². The van der Waals surface area contributed by atoms with E-state index in [0.717, 1.165) is 6.42 Å². The van der Waals surface area contributed by atoms with Crippen LogP contribution in [0.3, 0.4) is 0 Å². The molecule has 2 N–H and O–H groups in total. The third kappa shape index (κ3) is 7.58. The molecule has 0 amide bonds. The predicted molar refractivity (Wildman–Crippen MR) is 79.5 cm³/mol. The van der Waals surface area contributed by atoms with Crippen LogP contribution >= 0.6 is 0 Å². The van der Waals surface area contributed by atoms with E-state index in [1.165, 1.54) is 5.56 Å². The Morgan fingerprint density at radius 2 is 1.76 bits per heavy atom. The molecule has 21 heavy (non-hydrogen) atoms. The molecule has 0 saturated heterocycles. The van der Waals surface area contributed by atoms with Crippen molar-refractivity contribution in [3.63, 3.8) is 0 Å². The summed E-state index contributed by atoms with van der Waals surface area (Å²) in [5.74, 6) is 0.784. The minimum atomic E-state index is -4.15. The molecule has 0 saturated carbocycles. The maximum absolute atomic E-state index is 12.1. The van der Waals surface area contributed by atoms with Crippen LogP contribution in [0.5, 0.6) is 0 Å². The summed E-state index contributed by atoms with van der Waals surface area (Å²) in [6, 6.07) is 10.1. The van der Waals surface area contributed by atoms with Crippen molar-refractivity contribution in [1.82, 2.24) is 10.6 Å². The van der Waals surface area contributed by atoms with E-state index >= 15 is 0 Å². The van der Waals surface area contributed by atoms with Gasteiger partial charge in [0.15, 0.2) is 5.96 Å². The van der Waals surface area contributed by atoms with Gasteiger partial charge in [0.05, 0.1) is 6.42 Å². The molecule has 0 spiro atoms. The van der Waals surface area contributed by atoms with Gasteiger partial charge in [0.2, 0.25) is 0 Å². The molecule has 1 unspecified atom stereocenters. The van der Waals surface area contributed by atoms with Crippen molar-refractivity contribution in [2.24, 2.45) is 4.99 Å². The molecule has 6 heteroatoms. The van der Waals surface area contributed by atoms with Gasteiger partial charge in [0.25, 0.3) is 0 Å². The Hall–Kier alpha value is -1.72. The number of nitrogens with one attached hydrogen (secondary N) is 2. The molecule has 118 valence electrons. The second-order valence-electron chi connectivity index (χ2n) is 4.89. The molecule has 0 bridgehead atoms. The van der Waals surface area contributed by atoms with Crippen LogP contribution in [-0.4, -0.2) is 32.3 Å². The van der Waals surface area contributed by atoms with Crippen molar-refractivity contribution in [3.05, 3.63) is 35.9 Å². The second kappa shape index (κ2) is 8.54. The second-order valence-corrected chi connectivity index (χ2v) is 4.89. The quantitative estimate of drug-likeness (QED) is 0.625. The molecule has 1 rings (SSSR count). The first kappa shape index (κ1) is 17.3. The van der Waals surface area contributed by atoms with Gasteiger partial charge in [-0.25, -0.2) is 0 Å². The van der Waals surface area contributed by atoms with Crippen molar-refractivity contribution in [1.29, 1.82) is 0 Å². The summed E-state index contributed by atoms with van der Waals surface area (Å²) in [4.78, 5) is 3.90. The molecule has 0 aliphatic rings. The van der Waals surface area contributed by atoms with Gasteiger partial charge in [-0.2, -0.15) is 13.2 Å². The highest BCUT2D eigenvalue weighted by molar-refractivity contribution is 5.79. The van der Waals surface area contributed by atoms with Crippen LogP contribution in [0.2, 0.25) is 0 Å². The van der Waals surface area contributed by atoms with Crippen molar-refractivity contribution >= 4 is 5.96 Å². The van der Waals surface area contributed by atoms with Crippen LogP contribution in [0, 0.1) is 0 Å². The zero-order valence-electron chi connectivity index (χ0n) is 12.4. The minimum Gasteiger partial charge on any atom is -0.356 e. The molecule has 1 aromatic carbocycles. The van der Waals surface area contributed by atoms with E-state index < -0.39 is 12.6 Å². The Labute approximate surface area is 123 Å². The summed E-state index contributed by atoms with van der Waals surface area (Å²) in [5, 5.41) is 5.69. The van der Waals surface area contributed by atoms with Crippen molar-refractivity contribution in [3.8, 4) is 0 Å². The van der Waals surface area contributed by atoms with E-state index in [9.17, 15) is 13.2 Å². The fourth-order valence-corrected chi connectivity index (χ4v) is 1.90. The van der Waals surface area contributed by atoms with Gasteiger partial charge >= 0.3 is 6.18 Å². The fraction of sp³-hybridized carbons (Fsp3) is 0.533. The number of rotatable bonds is 6. The molecule has 0 heterocycles. The molecule has 0 radical (unpaired) electrons. The van der Waals surface area contributed by atoms with Crippen molar-refractivity contribution in [2.75, 3.05) is 20.1 Å². The topological polar surface area (TPSA) is 36.4 Å². The normalized spacial score (nSPS) is 13.9. The van der Waals surface area contributed by atoms with E-state index in [4.69, 9.17) is 0 Å². The number of guanidine groups is 1. The molecular weight excluding hydrogens is 279 g/mol. The Balaban J connectivity index is 2.26. The number of aliphatic imine (C=N–C) groups is 1. The molecule has 0 aliphatic heterocycles. The summed E-state index contributed by atoms with van der Waals surface area (Å²) < 4.78 is 36.2. The van der Waals surface area contributed by atoms with Gasteiger partial charge in [-0.05, 0) is 17.9 Å². The number of nitrogens with zero attached hydrogens (tertiary/aromatic N) is 1. The SMILES string of the molecule is CN=C(NCCC(C)c1ccccc1)NCCC(F)(F)F. The minimum absolute atomic E-state index is 0.169. The Kier molecular flexibility index (Phi) is 7.05. The van der Waals surface area contributed by atoms with Crippen LogP contribution in [0.4, 0.5) is 13.2 Å². The van der Waals surface area contributed by atoms with Crippen molar-refractivity contribution in [2.45, 2.75) is 31.9 Å². The number of hydrogen-bond donors (Lipinski definition) is 2. The van der Waals surface area contributed by atoms with Crippen LogP contribution in [0.1, 0.15) is 31.2 Å². The Morgan fingerprint density at radius 3 is 2.33 bits per heavy atom. The average molecular weight is 301 g/mol. The number of hydrogen-bond acceptors (Lipinski definition) is 1. The van der Waals surface area contributed by atoms with E-state index in [1.807, 2.05) is 18.2 Å². The summed E-state index contributed by atoms with van der Waals surface area (Å²) in [6.07, 6.45) is -4.13. The van der Waals surface area contributed by atoms with E-state index in [0.29, 0.717) is 18.4 Å². The van der Waals surface area contributed by atoms with Crippen LogP contribution in [0.15, 0.2) is 35.3 Å². The summed E-state index contributed by atoms with van der Waals surface area (Å²) in [5.41, 5.74) is 1.25. The molecule has 3 nitrogen and oxygen atoms in total. The number of halogens is 3. The first-order valence-electron chi connectivity index (χ1n) is 6.98. The third-order valence-electron chi connectivity index (χ3n) is 3.16. The molecule has 0 aliphatic carbocycles. The first-order valence-corrected chi connectivity index (χ1v) is 6.98. The van der Waals surface area contributed by atoms with E-state index in [2.05, 4.69) is 34.7 Å². The van der Waals surface area contributed by atoms with E-state index in [1.54, 1.807) is 7.05 Å². The van der Waals surface area contributed by atoms with Gasteiger partial charge in [-0.1, -0.05) is 37.3 Å². The molecule has 1 aromatic rings. The Morgan fingerprint density at radius 1 is 1.14 bits per heavy atom. The highest BCUT2D eigenvalue weighted by Crippen LogP contribution is 2.18. The zero-order chi connectivity index (χ0) is 15.7. The summed E-state index contributed by atoms with van der Waals surface area (Å²) in [6.45, 7) is 2.61. The fourth-order valence-electron chi connectivity index (χ4n) is 1.90. The number of alkyl halides is 3. The van der Waals surface area contributed by atoms with Crippen LogP contribution < -0.4 is 10.6 Å². The van der Waals surface area contributed by atoms with Crippen LogP contribution in [-0.2, 0) is 0 Å². The zero-order valence-corrected chi connectivity index (χ0v) is 12.4. The molecule has 1 atom stereocenters. The van der Waals surface area contributed by atoms with Crippen molar-refractivity contribution < 1.29 is 13.2 Å². The van der Waals surface area contributed by atoms with Gasteiger partial charge in [0, 0.05) is 20.1 Å². The lowest BCUT2D eigenvalue weighted by Crippen LogP contribution is -2.39. The largest absolute Gasteiger partial charge is 0.390 e. The smallest absolute Gasteiger partial charge is 0.356 e. The first-order chi connectivity index (χ1) is 9.92. The lowest BCUT2D eigenvalue weighted by Gasteiger charge is -2.15. The predicted octanol–water partition coefficient (Wildman–Crippen LogP) is 3.30. The molecule has 0 aromatic heterocycles. The third-order valence-corrected chi connectivity index (χ3v) is 3.16. The lowest BCUT2D eigenvalue weighted by atomic mass is 9.98. The Bertz CT molecular complexity index is 430. The monoisotopic (exact) mass is 301 g/mol. The summed E-state index contributed by atoms with van der Waals surface area (Å²) >= 11 is 0. The summed E-state index contributed by atoms with van der Waals surface area (Å²) in [7, 11) is 1.55. The highest BCUT2D eigenvalue weighted by atomic mass is 19.4. The number of benzene rings is 1. The molecular formula is C15H22F3N3.